The van der Waals surface area contributed by atoms with Crippen molar-refractivity contribution in [1.82, 2.24) is 10.2 Å². The number of benzene rings is 2. The van der Waals surface area contributed by atoms with Gasteiger partial charge in [-0.05, 0) is 48.6 Å². The van der Waals surface area contributed by atoms with Crippen molar-refractivity contribution in [2.45, 2.75) is 26.0 Å². The molecular formula is C23H28N2O4. The van der Waals surface area contributed by atoms with Crippen LogP contribution in [0.4, 0.5) is 0 Å². The van der Waals surface area contributed by atoms with Crippen LogP contribution in [-0.4, -0.2) is 43.8 Å². The van der Waals surface area contributed by atoms with E-state index in [4.69, 9.17) is 14.2 Å². The Kier molecular flexibility index (Phi) is 6.64. The molecule has 29 heavy (non-hydrogen) atoms. The fourth-order valence-electron chi connectivity index (χ4n) is 3.86. The first-order valence-corrected chi connectivity index (χ1v) is 10.3. The van der Waals surface area contributed by atoms with Gasteiger partial charge in [-0.15, -0.1) is 0 Å². The van der Waals surface area contributed by atoms with Crippen LogP contribution in [-0.2, 0) is 22.7 Å². The molecule has 0 unspecified atom stereocenters. The molecule has 0 aliphatic carbocycles. The summed E-state index contributed by atoms with van der Waals surface area (Å²) in [6.07, 6.45) is 2.26. The van der Waals surface area contributed by atoms with Gasteiger partial charge >= 0.3 is 0 Å². The van der Waals surface area contributed by atoms with Crippen molar-refractivity contribution >= 4 is 5.91 Å². The molecule has 1 saturated heterocycles. The van der Waals surface area contributed by atoms with Crippen LogP contribution >= 0.6 is 0 Å². The van der Waals surface area contributed by atoms with Crippen LogP contribution in [0.3, 0.4) is 0 Å². The smallest absolute Gasteiger partial charge is 0.234 e. The van der Waals surface area contributed by atoms with Crippen LogP contribution in [0, 0.1) is 5.92 Å². The number of nitrogens with zero attached hydrogens (tertiary/aromatic N) is 1. The van der Waals surface area contributed by atoms with Gasteiger partial charge in [0.2, 0.25) is 12.7 Å². The number of nitrogens with one attached hydrogen (secondary N) is 1. The summed E-state index contributed by atoms with van der Waals surface area (Å²) in [5, 5.41) is 3.01. The lowest BCUT2D eigenvalue weighted by atomic mass is 9.99. The molecule has 2 heterocycles. The van der Waals surface area contributed by atoms with Crippen LogP contribution in [0.15, 0.2) is 48.5 Å². The number of rotatable bonds is 8. The summed E-state index contributed by atoms with van der Waals surface area (Å²) in [4.78, 5) is 14.6. The Balaban J connectivity index is 1.17. The Hall–Kier alpha value is -2.57. The molecule has 6 nitrogen and oxygen atoms in total. The number of amides is 1. The Morgan fingerprint density at radius 1 is 1.10 bits per heavy atom. The fraction of sp³-hybridized carbons (Fsp3) is 0.435. The van der Waals surface area contributed by atoms with Crippen molar-refractivity contribution in [1.29, 1.82) is 0 Å². The van der Waals surface area contributed by atoms with Gasteiger partial charge in [0.25, 0.3) is 0 Å². The average Bonchev–Trinajstić information content (AvgIpc) is 3.21. The molecule has 0 spiro atoms. The summed E-state index contributed by atoms with van der Waals surface area (Å²) < 4.78 is 16.6. The van der Waals surface area contributed by atoms with Gasteiger partial charge in [-0.3, -0.25) is 9.69 Å². The van der Waals surface area contributed by atoms with Crippen molar-refractivity contribution in [3.63, 3.8) is 0 Å². The number of ether oxygens (including phenoxy) is 3. The molecule has 6 heteroatoms. The quantitative estimate of drug-likeness (QED) is 0.743. The van der Waals surface area contributed by atoms with Gasteiger partial charge in [0.1, 0.15) is 0 Å². The average molecular weight is 396 g/mol. The van der Waals surface area contributed by atoms with Gasteiger partial charge in [-0.1, -0.05) is 36.4 Å². The third kappa shape index (κ3) is 5.71. The highest BCUT2D eigenvalue weighted by atomic mass is 16.7. The van der Waals surface area contributed by atoms with Crippen LogP contribution in [0.1, 0.15) is 24.0 Å². The van der Waals surface area contributed by atoms with E-state index in [1.54, 1.807) is 0 Å². The maximum Gasteiger partial charge on any atom is 0.234 e. The summed E-state index contributed by atoms with van der Waals surface area (Å²) in [5.74, 6) is 2.03. The molecule has 0 radical (unpaired) electrons. The van der Waals surface area contributed by atoms with Gasteiger partial charge in [-0.2, -0.15) is 0 Å². The minimum absolute atomic E-state index is 0.0496. The van der Waals surface area contributed by atoms with Crippen molar-refractivity contribution < 1.29 is 19.0 Å². The Bertz CT molecular complexity index is 812. The lowest BCUT2D eigenvalue weighted by Gasteiger charge is -2.32. The summed E-state index contributed by atoms with van der Waals surface area (Å²) >= 11 is 0. The van der Waals surface area contributed by atoms with E-state index in [0.717, 1.165) is 49.6 Å². The van der Waals surface area contributed by atoms with E-state index in [2.05, 4.69) is 22.3 Å². The van der Waals surface area contributed by atoms with E-state index >= 15 is 0 Å². The highest BCUT2D eigenvalue weighted by molar-refractivity contribution is 5.78. The highest BCUT2D eigenvalue weighted by Crippen LogP contribution is 2.32. The van der Waals surface area contributed by atoms with Crippen molar-refractivity contribution in [3.05, 3.63) is 59.7 Å². The van der Waals surface area contributed by atoms with Gasteiger partial charge < -0.3 is 19.5 Å². The molecule has 1 N–H and O–H groups in total. The largest absolute Gasteiger partial charge is 0.454 e. The summed E-state index contributed by atoms with van der Waals surface area (Å²) in [7, 11) is 0. The molecule has 1 fully saturated rings. The number of hydrogen-bond donors (Lipinski definition) is 1. The summed E-state index contributed by atoms with van der Waals surface area (Å²) in [5.41, 5.74) is 2.21. The fourth-order valence-corrected chi connectivity index (χ4v) is 3.86. The molecule has 1 atom stereocenters. The summed E-state index contributed by atoms with van der Waals surface area (Å²) in [6, 6.07) is 16.0. The van der Waals surface area contributed by atoms with Crippen LogP contribution < -0.4 is 14.8 Å². The minimum Gasteiger partial charge on any atom is -0.454 e. The minimum atomic E-state index is 0.0496. The zero-order chi connectivity index (χ0) is 19.9. The third-order valence-electron chi connectivity index (χ3n) is 5.36. The van der Waals surface area contributed by atoms with Gasteiger partial charge in [-0.25, -0.2) is 0 Å². The van der Waals surface area contributed by atoms with Crippen molar-refractivity contribution in [2.24, 2.45) is 5.92 Å². The third-order valence-corrected chi connectivity index (χ3v) is 5.36. The lowest BCUT2D eigenvalue weighted by molar-refractivity contribution is -0.123. The van der Waals surface area contributed by atoms with Crippen LogP contribution in [0.25, 0.3) is 0 Å². The first-order valence-electron chi connectivity index (χ1n) is 10.3. The Morgan fingerprint density at radius 2 is 1.97 bits per heavy atom. The number of carbonyl (C=O) groups excluding carboxylic acids is 1. The molecule has 154 valence electrons. The summed E-state index contributed by atoms with van der Waals surface area (Å²) in [6.45, 7) is 4.44. The zero-order valence-corrected chi connectivity index (χ0v) is 16.6. The number of hydrogen-bond acceptors (Lipinski definition) is 5. The van der Waals surface area contributed by atoms with Gasteiger partial charge in [0.05, 0.1) is 19.8 Å². The van der Waals surface area contributed by atoms with Crippen LogP contribution in [0.2, 0.25) is 0 Å². The monoisotopic (exact) mass is 396 g/mol. The molecule has 2 aromatic carbocycles. The van der Waals surface area contributed by atoms with Gasteiger partial charge in [0.15, 0.2) is 11.5 Å². The first kappa shape index (κ1) is 19.7. The molecule has 4 rings (SSSR count). The second-order valence-electron chi connectivity index (χ2n) is 7.71. The SMILES string of the molecule is O=C(CN1CCC[C@H](COCc2ccccc2)C1)NCc1ccc2c(c1)OCO2. The molecule has 0 bridgehead atoms. The second-order valence-corrected chi connectivity index (χ2v) is 7.71. The van der Waals surface area contributed by atoms with Gasteiger partial charge in [0, 0.05) is 13.1 Å². The topological polar surface area (TPSA) is 60.0 Å². The van der Waals surface area contributed by atoms with E-state index in [1.807, 2.05) is 36.4 Å². The van der Waals surface area contributed by atoms with Crippen molar-refractivity contribution in [3.8, 4) is 11.5 Å². The van der Waals surface area contributed by atoms with Crippen molar-refractivity contribution in [2.75, 3.05) is 33.0 Å². The van der Waals surface area contributed by atoms with E-state index in [1.165, 1.54) is 5.56 Å². The molecule has 1 amide bonds. The predicted octanol–water partition coefficient (Wildman–Crippen LogP) is 2.96. The first-order chi connectivity index (χ1) is 14.3. The number of piperidine rings is 1. The van der Waals surface area contributed by atoms with Crippen LogP contribution in [0.5, 0.6) is 11.5 Å². The maximum atomic E-state index is 12.4. The molecule has 0 aromatic heterocycles. The van der Waals surface area contributed by atoms with E-state index < -0.39 is 0 Å². The van der Waals surface area contributed by atoms with E-state index in [9.17, 15) is 4.79 Å². The predicted molar refractivity (Wildman–Crippen MR) is 110 cm³/mol. The maximum absolute atomic E-state index is 12.4. The lowest BCUT2D eigenvalue weighted by Crippen LogP contribution is -2.43. The molecule has 0 saturated carbocycles. The second kappa shape index (κ2) is 9.76. The standard InChI is InChI=1S/C23H28N2O4/c26-23(24-12-19-8-9-21-22(11-19)29-17-28-21)14-25-10-4-7-20(13-25)16-27-15-18-5-2-1-3-6-18/h1-3,5-6,8-9,11,20H,4,7,10,12-17H2,(H,24,26)/t20-/m0/s1. The highest BCUT2D eigenvalue weighted by Gasteiger charge is 2.22. The number of carbonyl (C=O) groups is 1. The molecular weight excluding hydrogens is 368 g/mol. The normalized spacial score (nSPS) is 18.6. The van der Waals surface area contributed by atoms with E-state index in [-0.39, 0.29) is 12.7 Å². The Labute approximate surface area is 171 Å². The Morgan fingerprint density at radius 3 is 2.86 bits per heavy atom. The molecule has 2 aromatic rings. The molecule has 2 aliphatic rings. The molecule has 2 aliphatic heterocycles. The number of likely N-dealkylation sites (tertiary alicyclic amines) is 1. The zero-order valence-electron chi connectivity index (χ0n) is 16.6. The van der Waals surface area contributed by atoms with E-state index in [0.29, 0.717) is 25.6 Å². The number of fused-ring (bicyclic) bond motifs is 1.